The summed E-state index contributed by atoms with van der Waals surface area (Å²) in [6.07, 6.45) is 4.18. The summed E-state index contributed by atoms with van der Waals surface area (Å²) in [5, 5.41) is 3.11. The van der Waals surface area contributed by atoms with E-state index in [0.717, 1.165) is 43.8 Å². The second kappa shape index (κ2) is 9.79. The highest BCUT2D eigenvalue weighted by Crippen LogP contribution is 2.21. The Morgan fingerprint density at radius 2 is 1.97 bits per heavy atom. The highest BCUT2D eigenvalue weighted by Gasteiger charge is 2.22. The van der Waals surface area contributed by atoms with Crippen LogP contribution in [0.15, 0.2) is 46.4 Å². The molecule has 0 spiro atoms. The van der Waals surface area contributed by atoms with Crippen molar-refractivity contribution in [1.82, 2.24) is 10.2 Å². The summed E-state index contributed by atoms with van der Waals surface area (Å²) >= 11 is 0. The molecule has 156 valence electrons. The quantitative estimate of drug-likeness (QED) is 0.693. The van der Waals surface area contributed by atoms with Gasteiger partial charge in [0.15, 0.2) is 5.76 Å². The van der Waals surface area contributed by atoms with Gasteiger partial charge in [-0.2, -0.15) is 0 Å². The molecule has 3 rings (SSSR count). The first-order chi connectivity index (χ1) is 13.9. The first-order valence-electron chi connectivity index (χ1n) is 10.4. The Morgan fingerprint density at radius 3 is 2.66 bits per heavy atom. The number of hydrogen-bond acceptors (Lipinski definition) is 4. The summed E-state index contributed by atoms with van der Waals surface area (Å²) in [4.78, 5) is 14.9. The molecule has 0 aliphatic carbocycles. The molecule has 0 unspecified atom stereocenters. The molecule has 1 fully saturated rings. The number of carbonyl (C=O) groups excluding carboxylic acids is 1. The highest BCUT2D eigenvalue weighted by molar-refractivity contribution is 5.91. The molecule has 1 aromatic carbocycles. The van der Waals surface area contributed by atoms with Crippen molar-refractivity contribution < 1.29 is 13.9 Å². The van der Waals surface area contributed by atoms with Gasteiger partial charge in [-0.1, -0.05) is 29.3 Å². The van der Waals surface area contributed by atoms with Crippen LogP contribution in [0.5, 0.6) is 5.75 Å². The first kappa shape index (κ1) is 21.2. The van der Waals surface area contributed by atoms with Gasteiger partial charge in [-0.15, -0.1) is 0 Å². The van der Waals surface area contributed by atoms with Crippen molar-refractivity contribution in [3.8, 4) is 5.75 Å². The number of carbonyl (C=O) groups is 1. The predicted molar refractivity (Wildman–Crippen MR) is 115 cm³/mol. The largest absolute Gasteiger partial charge is 0.485 e. The van der Waals surface area contributed by atoms with Gasteiger partial charge in [0.05, 0.1) is 0 Å². The fourth-order valence-corrected chi connectivity index (χ4v) is 3.52. The molecular formula is C24H32N2O3. The number of piperidine rings is 1. The highest BCUT2D eigenvalue weighted by atomic mass is 16.5. The van der Waals surface area contributed by atoms with Crippen LogP contribution >= 0.6 is 0 Å². The van der Waals surface area contributed by atoms with Crippen LogP contribution in [-0.2, 0) is 6.61 Å². The third-order valence-electron chi connectivity index (χ3n) is 5.27. The van der Waals surface area contributed by atoms with Crippen molar-refractivity contribution in [1.29, 1.82) is 0 Å². The van der Waals surface area contributed by atoms with E-state index in [1.54, 1.807) is 12.1 Å². The Kier molecular flexibility index (Phi) is 7.15. The minimum absolute atomic E-state index is 0.148. The average Bonchev–Trinajstić information content (AvgIpc) is 3.16. The number of ether oxygens (including phenoxy) is 1. The van der Waals surface area contributed by atoms with E-state index in [9.17, 15) is 4.79 Å². The number of benzene rings is 1. The van der Waals surface area contributed by atoms with Crippen LogP contribution in [0.2, 0.25) is 0 Å². The molecule has 29 heavy (non-hydrogen) atoms. The molecule has 1 aliphatic rings. The number of amides is 1. The topological polar surface area (TPSA) is 54.7 Å². The zero-order valence-electron chi connectivity index (χ0n) is 18.0. The predicted octanol–water partition coefficient (Wildman–Crippen LogP) is 4.64. The zero-order valence-corrected chi connectivity index (χ0v) is 18.0. The number of nitrogens with zero attached hydrogens (tertiary/aromatic N) is 1. The van der Waals surface area contributed by atoms with Crippen molar-refractivity contribution in [3.05, 3.63) is 64.6 Å². The van der Waals surface area contributed by atoms with E-state index < -0.39 is 0 Å². The fourth-order valence-electron chi connectivity index (χ4n) is 3.52. The number of furan rings is 1. The van der Waals surface area contributed by atoms with Crippen molar-refractivity contribution in [2.75, 3.05) is 19.6 Å². The molecular weight excluding hydrogens is 364 g/mol. The Bertz CT molecular complexity index is 857. The van der Waals surface area contributed by atoms with Gasteiger partial charge in [-0.05, 0) is 64.3 Å². The van der Waals surface area contributed by atoms with Gasteiger partial charge in [0.25, 0.3) is 5.91 Å². The normalized spacial score (nSPS) is 15.2. The number of allylic oxidation sites excluding steroid dienone is 1. The Balaban J connectivity index is 1.46. The van der Waals surface area contributed by atoms with Gasteiger partial charge < -0.3 is 14.5 Å². The molecule has 2 heterocycles. The monoisotopic (exact) mass is 396 g/mol. The molecule has 0 bridgehead atoms. The van der Waals surface area contributed by atoms with Crippen molar-refractivity contribution >= 4 is 5.91 Å². The maximum atomic E-state index is 12.5. The van der Waals surface area contributed by atoms with Gasteiger partial charge >= 0.3 is 0 Å². The molecule has 5 nitrogen and oxygen atoms in total. The lowest BCUT2D eigenvalue weighted by Crippen LogP contribution is -2.44. The summed E-state index contributed by atoms with van der Waals surface area (Å²) in [6, 6.07) is 9.80. The van der Waals surface area contributed by atoms with Crippen LogP contribution in [0.3, 0.4) is 0 Å². The van der Waals surface area contributed by atoms with Gasteiger partial charge in [-0.3, -0.25) is 9.69 Å². The Labute approximate surface area is 173 Å². The van der Waals surface area contributed by atoms with Gasteiger partial charge in [-0.25, -0.2) is 0 Å². The standard InChI is InChI=1S/C24H32N2O3/c1-17(2)9-12-26-13-10-20(11-14-26)25-24(27)23-8-6-21(29-23)16-28-22-7-5-18(3)15-19(22)4/h5-9,15,20H,10-14,16H2,1-4H3,(H,25,27). The molecule has 0 radical (unpaired) electrons. The molecule has 1 N–H and O–H groups in total. The average molecular weight is 397 g/mol. The lowest BCUT2D eigenvalue weighted by molar-refractivity contribution is 0.0882. The second-order valence-corrected chi connectivity index (χ2v) is 8.15. The Morgan fingerprint density at radius 1 is 1.21 bits per heavy atom. The van der Waals surface area contributed by atoms with Crippen LogP contribution in [0.25, 0.3) is 0 Å². The van der Waals surface area contributed by atoms with Crippen molar-refractivity contribution in [2.45, 2.75) is 53.2 Å². The van der Waals surface area contributed by atoms with Crippen LogP contribution in [0, 0.1) is 13.8 Å². The van der Waals surface area contributed by atoms with Crippen LogP contribution in [0.4, 0.5) is 0 Å². The molecule has 0 saturated carbocycles. The molecule has 1 saturated heterocycles. The smallest absolute Gasteiger partial charge is 0.287 e. The van der Waals surface area contributed by atoms with E-state index in [-0.39, 0.29) is 11.9 Å². The third-order valence-corrected chi connectivity index (χ3v) is 5.27. The maximum absolute atomic E-state index is 12.5. The number of nitrogens with one attached hydrogen (secondary N) is 1. The van der Waals surface area contributed by atoms with E-state index in [0.29, 0.717) is 18.1 Å². The minimum Gasteiger partial charge on any atom is -0.485 e. The fraction of sp³-hybridized carbons (Fsp3) is 0.458. The third kappa shape index (κ3) is 6.23. The van der Waals surface area contributed by atoms with E-state index in [1.807, 2.05) is 19.1 Å². The summed E-state index contributed by atoms with van der Waals surface area (Å²) in [7, 11) is 0. The number of likely N-dealkylation sites (tertiary alicyclic amines) is 1. The minimum atomic E-state index is -0.148. The van der Waals surface area contributed by atoms with E-state index in [1.165, 1.54) is 11.1 Å². The number of hydrogen-bond donors (Lipinski definition) is 1. The number of aryl methyl sites for hydroxylation is 2. The molecule has 2 aromatic rings. The molecule has 0 atom stereocenters. The van der Waals surface area contributed by atoms with E-state index in [4.69, 9.17) is 9.15 Å². The van der Waals surface area contributed by atoms with Crippen LogP contribution in [0.1, 0.15) is 54.1 Å². The number of rotatable bonds is 7. The lowest BCUT2D eigenvalue weighted by atomic mass is 10.0. The maximum Gasteiger partial charge on any atom is 0.287 e. The van der Waals surface area contributed by atoms with E-state index in [2.05, 4.69) is 43.1 Å². The lowest BCUT2D eigenvalue weighted by Gasteiger charge is -2.31. The van der Waals surface area contributed by atoms with E-state index >= 15 is 0 Å². The molecule has 1 aromatic heterocycles. The summed E-state index contributed by atoms with van der Waals surface area (Å²) in [5.41, 5.74) is 3.63. The second-order valence-electron chi connectivity index (χ2n) is 8.15. The molecule has 1 aliphatic heterocycles. The zero-order chi connectivity index (χ0) is 20.8. The van der Waals surface area contributed by atoms with Crippen LogP contribution in [-0.4, -0.2) is 36.5 Å². The van der Waals surface area contributed by atoms with Crippen molar-refractivity contribution in [2.24, 2.45) is 0 Å². The molecule has 5 heteroatoms. The summed E-state index contributed by atoms with van der Waals surface area (Å²) in [5.74, 6) is 1.67. The van der Waals surface area contributed by atoms with Crippen molar-refractivity contribution in [3.63, 3.8) is 0 Å². The SMILES string of the molecule is CC(C)=CCN1CCC(NC(=O)c2ccc(COc3ccc(C)cc3C)o2)CC1. The molecule has 1 amide bonds. The van der Waals surface area contributed by atoms with Crippen LogP contribution < -0.4 is 10.1 Å². The summed E-state index contributed by atoms with van der Waals surface area (Å²) < 4.78 is 11.5. The Hall–Kier alpha value is -2.53. The summed E-state index contributed by atoms with van der Waals surface area (Å²) in [6.45, 7) is 11.6. The van der Waals surface area contributed by atoms with Gasteiger partial charge in [0.2, 0.25) is 0 Å². The van der Waals surface area contributed by atoms with Gasteiger partial charge in [0.1, 0.15) is 18.1 Å². The first-order valence-corrected chi connectivity index (χ1v) is 10.4. The van der Waals surface area contributed by atoms with Gasteiger partial charge in [0, 0.05) is 25.7 Å².